The lowest BCUT2D eigenvalue weighted by Crippen LogP contribution is -2.50. The molecular formula is C22H23ClN2O2. The van der Waals surface area contributed by atoms with Gasteiger partial charge in [0.05, 0.1) is 13.0 Å². The van der Waals surface area contributed by atoms with E-state index in [0.717, 1.165) is 18.1 Å². The molecule has 2 heterocycles. The van der Waals surface area contributed by atoms with Gasteiger partial charge in [0.2, 0.25) is 0 Å². The summed E-state index contributed by atoms with van der Waals surface area (Å²) in [6.07, 6.45) is 3.72. The van der Waals surface area contributed by atoms with Gasteiger partial charge < -0.3 is 14.5 Å². The first-order valence-electron chi connectivity index (χ1n) is 9.67. The predicted octanol–water partition coefficient (Wildman–Crippen LogP) is 4.74. The number of hydrogen-bond donors (Lipinski definition) is 0. The molecule has 0 N–H and O–H groups in total. The van der Waals surface area contributed by atoms with Crippen LogP contribution in [-0.4, -0.2) is 32.2 Å². The Morgan fingerprint density at radius 3 is 2.74 bits per heavy atom. The van der Waals surface area contributed by atoms with Crippen LogP contribution in [0.5, 0.6) is 0 Å². The first-order chi connectivity index (χ1) is 13.2. The summed E-state index contributed by atoms with van der Waals surface area (Å²) in [6, 6.07) is 15.5. The first kappa shape index (κ1) is 16.9. The Morgan fingerprint density at radius 1 is 1.11 bits per heavy atom. The smallest absolute Gasteiger partial charge is 0.312 e. The second kappa shape index (κ2) is 6.45. The normalized spacial score (nSPS) is 23.8. The van der Waals surface area contributed by atoms with Crippen molar-refractivity contribution in [1.29, 1.82) is 0 Å². The van der Waals surface area contributed by atoms with Gasteiger partial charge in [-0.1, -0.05) is 24.1 Å². The molecule has 0 amide bonds. The summed E-state index contributed by atoms with van der Waals surface area (Å²) in [5.41, 5.74) is 5.09. The predicted molar refractivity (Wildman–Crippen MR) is 108 cm³/mol. The van der Waals surface area contributed by atoms with Crippen molar-refractivity contribution in [3.63, 3.8) is 0 Å². The summed E-state index contributed by atoms with van der Waals surface area (Å²) in [4.78, 5) is 16.4. The number of carbonyl (C=O) groups excluding carboxylic acids is 1. The summed E-state index contributed by atoms with van der Waals surface area (Å²) in [5, 5.41) is 0.824. The number of hydrogen-bond acceptors (Lipinski definition) is 4. The van der Waals surface area contributed by atoms with Crippen LogP contribution in [-0.2, 0) is 9.53 Å². The topological polar surface area (TPSA) is 32.8 Å². The van der Waals surface area contributed by atoms with Gasteiger partial charge in [0, 0.05) is 47.1 Å². The lowest BCUT2D eigenvalue weighted by atomic mass is 9.98. The molecule has 5 rings (SSSR count). The fourth-order valence-corrected chi connectivity index (χ4v) is 5.19. The van der Waals surface area contributed by atoms with Crippen molar-refractivity contribution in [2.45, 2.75) is 31.2 Å². The average molecular weight is 383 g/mol. The Morgan fingerprint density at radius 2 is 1.93 bits per heavy atom. The SMILES string of the molecule is COC(=O)C1CN(c2cccc(N3c4ccc(Cl)cc4C4CCCC43)c2)C1. The molecular weight excluding hydrogens is 360 g/mol. The van der Waals surface area contributed by atoms with Crippen LogP contribution in [0.15, 0.2) is 42.5 Å². The van der Waals surface area contributed by atoms with Crippen molar-refractivity contribution in [3.05, 3.63) is 53.1 Å². The number of benzene rings is 2. The van der Waals surface area contributed by atoms with Crippen LogP contribution in [0.3, 0.4) is 0 Å². The molecule has 1 aliphatic carbocycles. The zero-order valence-corrected chi connectivity index (χ0v) is 16.2. The number of ether oxygens (including phenoxy) is 1. The third-order valence-corrected chi connectivity index (χ3v) is 6.58. The molecule has 0 radical (unpaired) electrons. The van der Waals surface area contributed by atoms with Gasteiger partial charge in [-0.15, -0.1) is 0 Å². The van der Waals surface area contributed by atoms with Gasteiger partial charge in [-0.2, -0.15) is 0 Å². The highest BCUT2D eigenvalue weighted by Crippen LogP contribution is 2.53. The maximum absolute atomic E-state index is 11.7. The van der Waals surface area contributed by atoms with Crippen LogP contribution in [0.1, 0.15) is 30.7 Å². The molecule has 2 aliphatic heterocycles. The van der Waals surface area contributed by atoms with Crippen molar-refractivity contribution in [1.82, 2.24) is 0 Å². The minimum Gasteiger partial charge on any atom is -0.469 e. The van der Waals surface area contributed by atoms with E-state index in [-0.39, 0.29) is 11.9 Å². The first-order valence-corrected chi connectivity index (χ1v) is 10.0. The molecule has 2 fully saturated rings. The maximum atomic E-state index is 11.7. The molecule has 1 saturated heterocycles. The quantitative estimate of drug-likeness (QED) is 0.718. The van der Waals surface area contributed by atoms with Gasteiger partial charge in [-0.05, 0) is 54.8 Å². The molecule has 0 aromatic heterocycles. The average Bonchev–Trinajstić information content (AvgIpc) is 3.21. The minimum absolute atomic E-state index is 0.00692. The second-order valence-electron chi connectivity index (χ2n) is 7.82. The molecule has 2 aromatic carbocycles. The van der Waals surface area contributed by atoms with Crippen molar-refractivity contribution < 1.29 is 9.53 Å². The number of methoxy groups -OCH3 is 1. The van der Waals surface area contributed by atoms with Gasteiger partial charge in [0.25, 0.3) is 0 Å². The highest BCUT2D eigenvalue weighted by Gasteiger charge is 2.42. The monoisotopic (exact) mass is 382 g/mol. The van der Waals surface area contributed by atoms with Crippen LogP contribution in [0.25, 0.3) is 0 Å². The lowest BCUT2D eigenvalue weighted by Gasteiger charge is -2.39. The molecule has 0 spiro atoms. The molecule has 27 heavy (non-hydrogen) atoms. The summed E-state index contributed by atoms with van der Waals surface area (Å²) in [6.45, 7) is 1.46. The number of esters is 1. The van der Waals surface area contributed by atoms with E-state index >= 15 is 0 Å². The van der Waals surface area contributed by atoms with Gasteiger partial charge in [-0.3, -0.25) is 4.79 Å². The standard InChI is InChI=1S/C22H23ClN2O2/c1-27-22(26)14-12-24(13-14)16-4-2-5-17(11-16)25-20-7-3-6-18(20)19-10-15(23)8-9-21(19)25/h2,4-5,8-11,14,18,20H,3,6-7,12-13H2,1H3. The number of nitrogens with zero attached hydrogens (tertiary/aromatic N) is 2. The second-order valence-corrected chi connectivity index (χ2v) is 8.26. The van der Waals surface area contributed by atoms with E-state index in [1.54, 1.807) is 0 Å². The number of rotatable bonds is 3. The van der Waals surface area contributed by atoms with Crippen LogP contribution < -0.4 is 9.80 Å². The molecule has 2 aromatic rings. The number of carbonyl (C=O) groups is 1. The Labute approximate surface area is 164 Å². The molecule has 3 aliphatic rings. The Kier molecular flexibility index (Phi) is 4.05. The fourth-order valence-electron chi connectivity index (χ4n) is 5.01. The molecule has 1 saturated carbocycles. The molecule has 0 bridgehead atoms. The van der Waals surface area contributed by atoms with Crippen LogP contribution in [0.4, 0.5) is 17.1 Å². The molecule has 2 atom stereocenters. The number of anilines is 3. The van der Waals surface area contributed by atoms with E-state index < -0.39 is 0 Å². The maximum Gasteiger partial charge on any atom is 0.312 e. The van der Waals surface area contributed by atoms with E-state index in [9.17, 15) is 4.79 Å². The van der Waals surface area contributed by atoms with Gasteiger partial charge in [0.1, 0.15) is 0 Å². The van der Waals surface area contributed by atoms with E-state index in [1.807, 2.05) is 6.07 Å². The zero-order chi connectivity index (χ0) is 18.5. The summed E-state index contributed by atoms with van der Waals surface area (Å²) in [5.74, 6) is 0.462. The minimum atomic E-state index is -0.110. The Bertz CT molecular complexity index is 894. The summed E-state index contributed by atoms with van der Waals surface area (Å²) in [7, 11) is 1.46. The van der Waals surface area contributed by atoms with Crippen LogP contribution in [0, 0.1) is 5.92 Å². The van der Waals surface area contributed by atoms with Crippen molar-refractivity contribution in [3.8, 4) is 0 Å². The zero-order valence-electron chi connectivity index (χ0n) is 15.4. The third-order valence-electron chi connectivity index (χ3n) is 6.35. The van der Waals surface area contributed by atoms with Gasteiger partial charge >= 0.3 is 5.97 Å². The van der Waals surface area contributed by atoms with E-state index in [4.69, 9.17) is 16.3 Å². The van der Waals surface area contributed by atoms with Crippen molar-refractivity contribution >= 4 is 34.6 Å². The Balaban J connectivity index is 1.45. The molecule has 5 heteroatoms. The van der Waals surface area contributed by atoms with Crippen LogP contribution in [0.2, 0.25) is 5.02 Å². The highest BCUT2D eigenvalue weighted by atomic mass is 35.5. The molecule has 2 unspecified atom stereocenters. The molecule has 4 nitrogen and oxygen atoms in total. The van der Waals surface area contributed by atoms with E-state index in [2.05, 4.69) is 46.2 Å². The fraction of sp³-hybridized carbons (Fsp3) is 0.409. The van der Waals surface area contributed by atoms with Gasteiger partial charge in [-0.25, -0.2) is 0 Å². The summed E-state index contributed by atoms with van der Waals surface area (Å²) < 4.78 is 4.85. The third kappa shape index (κ3) is 2.69. The van der Waals surface area contributed by atoms with Crippen molar-refractivity contribution in [2.24, 2.45) is 5.92 Å². The van der Waals surface area contributed by atoms with E-state index in [1.165, 1.54) is 49.0 Å². The number of halogens is 1. The lowest BCUT2D eigenvalue weighted by molar-refractivity contribution is -0.146. The Hall–Kier alpha value is -2.20. The molecule has 140 valence electrons. The van der Waals surface area contributed by atoms with Crippen LogP contribution >= 0.6 is 11.6 Å². The highest BCUT2D eigenvalue weighted by molar-refractivity contribution is 6.30. The summed E-state index contributed by atoms with van der Waals surface area (Å²) >= 11 is 6.29. The van der Waals surface area contributed by atoms with E-state index in [0.29, 0.717) is 12.0 Å². The largest absolute Gasteiger partial charge is 0.469 e. The number of fused-ring (bicyclic) bond motifs is 3. The van der Waals surface area contributed by atoms with Gasteiger partial charge in [0.15, 0.2) is 0 Å². The van der Waals surface area contributed by atoms with Crippen molar-refractivity contribution in [2.75, 3.05) is 30.0 Å².